The monoisotopic (exact) mass is 484 g/mol. The Morgan fingerprint density at radius 1 is 1.00 bits per heavy atom. The van der Waals surface area contributed by atoms with Crippen LogP contribution in [-0.4, -0.2) is 63.7 Å². The fourth-order valence-electron chi connectivity index (χ4n) is 6.09. The lowest BCUT2D eigenvalue weighted by molar-refractivity contribution is -0.127. The number of aromatic nitrogens is 3. The fourth-order valence-corrected chi connectivity index (χ4v) is 6.09. The van der Waals surface area contributed by atoms with Gasteiger partial charge in [-0.15, -0.1) is 10.2 Å². The summed E-state index contributed by atoms with van der Waals surface area (Å²) in [6, 6.07) is 15.6. The van der Waals surface area contributed by atoms with Crippen LogP contribution in [0.25, 0.3) is 11.1 Å². The van der Waals surface area contributed by atoms with Gasteiger partial charge in [-0.1, -0.05) is 42.5 Å². The first-order valence-electron chi connectivity index (χ1n) is 13.4. The van der Waals surface area contributed by atoms with Crippen molar-refractivity contribution in [3.8, 4) is 11.1 Å². The van der Waals surface area contributed by atoms with Crippen LogP contribution in [0.4, 0.5) is 0 Å². The Morgan fingerprint density at radius 3 is 2.67 bits per heavy atom. The molecule has 2 aromatic carbocycles. The van der Waals surface area contributed by atoms with Gasteiger partial charge in [0.15, 0.2) is 5.82 Å². The van der Waals surface area contributed by atoms with E-state index in [0.717, 1.165) is 76.6 Å². The average molecular weight is 485 g/mol. The molecule has 0 radical (unpaired) electrons. The van der Waals surface area contributed by atoms with Gasteiger partial charge in [0.25, 0.3) is 0 Å². The summed E-state index contributed by atoms with van der Waals surface area (Å²) in [4.78, 5) is 17.7. The zero-order valence-corrected chi connectivity index (χ0v) is 21.4. The molecule has 3 aromatic rings. The smallest absolute Gasteiger partial charge is 0.223 e. The number of carbonyl (C=O) groups is 1. The molecule has 1 atom stereocenters. The van der Waals surface area contributed by atoms with Gasteiger partial charge in [-0.3, -0.25) is 9.69 Å². The van der Waals surface area contributed by atoms with Crippen LogP contribution in [0.2, 0.25) is 0 Å². The number of fused-ring (bicyclic) bond motifs is 4. The van der Waals surface area contributed by atoms with Crippen molar-refractivity contribution in [3.63, 3.8) is 0 Å². The second-order valence-corrected chi connectivity index (χ2v) is 10.8. The largest absolute Gasteiger partial charge is 0.346 e. The minimum atomic E-state index is -0.136. The fraction of sp³-hybridized carbons (Fsp3) is 0.483. The molecule has 1 saturated heterocycles. The zero-order valence-electron chi connectivity index (χ0n) is 21.4. The first-order valence-corrected chi connectivity index (χ1v) is 13.4. The molecule has 1 aliphatic carbocycles. The summed E-state index contributed by atoms with van der Waals surface area (Å²) in [5.41, 5.74) is 7.02. The van der Waals surface area contributed by atoms with Gasteiger partial charge in [0.2, 0.25) is 5.91 Å². The molecule has 0 unspecified atom stereocenters. The molecule has 3 aliphatic rings. The number of hydrogen-bond acceptors (Lipinski definition) is 5. The Balaban J connectivity index is 1.08. The molecule has 3 heterocycles. The maximum atomic E-state index is 12.9. The van der Waals surface area contributed by atoms with Crippen molar-refractivity contribution in [1.82, 2.24) is 29.9 Å². The van der Waals surface area contributed by atoms with Crippen molar-refractivity contribution in [2.24, 2.45) is 5.92 Å². The molecule has 1 aromatic heterocycles. The average Bonchev–Trinajstić information content (AvgIpc) is 3.40. The summed E-state index contributed by atoms with van der Waals surface area (Å²) in [6.45, 7) is 7.72. The van der Waals surface area contributed by atoms with Crippen LogP contribution in [0.3, 0.4) is 0 Å². The van der Waals surface area contributed by atoms with E-state index in [1.54, 1.807) is 0 Å². The summed E-state index contributed by atoms with van der Waals surface area (Å²) in [6.07, 6.45) is 3.76. The van der Waals surface area contributed by atoms with E-state index < -0.39 is 0 Å². The van der Waals surface area contributed by atoms with Gasteiger partial charge in [0.05, 0.1) is 6.04 Å². The molecule has 1 N–H and O–H groups in total. The third-order valence-electron chi connectivity index (χ3n) is 8.25. The highest BCUT2D eigenvalue weighted by Crippen LogP contribution is 2.37. The molecule has 2 aliphatic heterocycles. The van der Waals surface area contributed by atoms with Crippen molar-refractivity contribution >= 4 is 5.91 Å². The topological polar surface area (TPSA) is 66.3 Å². The standard InChI is InChI=1S/C29H36N6O/c1-20(30-29(36)22-9-12-33(2)13-10-22)28-32-31-27-11-14-34(15-16-35(27)28)19-21-7-8-26-24(17-21)18-23-5-3-4-6-25(23)26/h3-8,17,20,22H,9-16,18-19H2,1-2H3,(H,30,36)/t20-/m0/s1. The Labute approximate surface area is 213 Å². The number of nitrogens with one attached hydrogen (secondary N) is 1. The molecular formula is C29H36N6O. The Bertz CT molecular complexity index is 1260. The molecule has 1 fully saturated rings. The van der Waals surface area contributed by atoms with Crippen LogP contribution < -0.4 is 5.32 Å². The number of piperidine rings is 1. The van der Waals surface area contributed by atoms with Gasteiger partial charge in [-0.2, -0.15) is 0 Å². The molecule has 0 saturated carbocycles. The van der Waals surface area contributed by atoms with Crippen LogP contribution in [0.15, 0.2) is 42.5 Å². The second-order valence-electron chi connectivity index (χ2n) is 10.8. The molecular weight excluding hydrogens is 448 g/mol. The maximum absolute atomic E-state index is 12.9. The molecule has 0 spiro atoms. The number of rotatable bonds is 5. The maximum Gasteiger partial charge on any atom is 0.223 e. The molecule has 6 rings (SSSR count). The first-order chi connectivity index (χ1) is 17.5. The summed E-state index contributed by atoms with van der Waals surface area (Å²) < 4.78 is 2.24. The second kappa shape index (κ2) is 9.79. The molecule has 188 valence electrons. The van der Waals surface area contributed by atoms with Crippen molar-refractivity contribution < 1.29 is 4.79 Å². The van der Waals surface area contributed by atoms with E-state index in [1.165, 1.54) is 27.8 Å². The van der Waals surface area contributed by atoms with Gasteiger partial charge in [-0.25, -0.2) is 0 Å². The summed E-state index contributed by atoms with van der Waals surface area (Å²) in [5, 5.41) is 12.2. The third kappa shape index (κ3) is 4.58. The molecule has 7 heteroatoms. The van der Waals surface area contributed by atoms with Crippen molar-refractivity contribution in [3.05, 3.63) is 70.8 Å². The van der Waals surface area contributed by atoms with Crippen LogP contribution >= 0.6 is 0 Å². The van der Waals surface area contributed by atoms with Crippen molar-refractivity contribution in [2.75, 3.05) is 33.2 Å². The number of carbonyl (C=O) groups excluding carboxylic acids is 1. The van der Waals surface area contributed by atoms with Gasteiger partial charge in [0, 0.05) is 38.5 Å². The predicted molar refractivity (Wildman–Crippen MR) is 140 cm³/mol. The van der Waals surface area contributed by atoms with Gasteiger partial charge >= 0.3 is 0 Å². The molecule has 7 nitrogen and oxygen atoms in total. The van der Waals surface area contributed by atoms with E-state index in [0.29, 0.717) is 0 Å². The zero-order chi connectivity index (χ0) is 24.6. The predicted octanol–water partition coefficient (Wildman–Crippen LogP) is 3.43. The van der Waals surface area contributed by atoms with Crippen molar-refractivity contribution in [2.45, 2.75) is 51.7 Å². The Kier molecular flexibility index (Phi) is 6.36. The van der Waals surface area contributed by atoms with E-state index >= 15 is 0 Å². The minimum Gasteiger partial charge on any atom is -0.346 e. The van der Waals surface area contributed by atoms with Crippen LogP contribution in [-0.2, 0) is 30.7 Å². The van der Waals surface area contributed by atoms with Gasteiger partial charge in [-0.05, 0) is 74.1 Å². The number of nitrogens with zero attached hydrogens (tertiary/aromatic N) is 5. The third-order valence-corrected chi connectivity index (χ3v) is 8.25. The van der Waals surface area contributed by atoms with E-state index in [4.69, 9.17) is 0 Å². The normalized spacial score (nSPS) is 19.3. The van der Waals surface area contributed by atoms with Crippen molar-refractivity contribution in [1.29, 1.82) is 0 Å². The first kappa shape index (κ1) is 23.4. The molecule has 0 bridgehead atoms. The highest BCUT2D eigenvalue weighted by Gasteiger charge is 2.27. The minimum absolute atomic E-state index is 0.103. The highest BCUT2D eigenvalue weighted by atomic mass is 16.2. The van der Waals surface area contributed by atoms with Gasteiger partial charge in [0.1, 0.15) is 5.82 Å². The summed E-state index contributed by atoms with van der Waals surface area (Å²) >= 11 is 0. The Hall–Kier alpha value is -3.03. The number of likely N-dealkylation sites (tertiary alicyclic amines) is 1. The van der Waals surface area contributed by atoms with Crippen LogP contribution in [0, 0.1) is 5.92 Å². The molecule has 1 amide bonds. The van der Waals surface area contributed by atoms with E-state index in [2.05, 4.69) is 79.4 Å². The van der Waals surface area contributed by atoms with E-state index in [1.807, 2.05) is 6.92 Å². The summed E-state index contributed by atoms with van der Waals surface area (Å²) in [5.74, 6) is 2.16. The van der Waals surface area contributed by atoms with Gasteiger partial charge < -0.3 is 14.8 Å². The number of benzene rings is 2. The summed E-state index contributed by atoms with van der Waals surface area (Å²) in [7, 11) is 2.12. The molecule has 36 heavy (non-hydrogen) atoms. The van der Waals surface area contributed by atoms with Crippen LogP contribution in [0.1, 0.15) is 54.1 Å². The number of amides is 1. The number of hydrogen-bond donors (Lipinski definition) is 1. The quantitative estimate of drug-likeness (QED) is 0.470. The lowest BCUT2D eigenvalue weighted by atomic mass is 9.96. The lowest BCUT2D eigenvalue weighted by Crippen LogP contribution is -2.40. The SMILES string of the molecule is C[C@H](NC(=O)C1CCN(C)CC1)c1nnc2n1CCN(Cc1ccc3c(c1)Cc1ccccc1-3)CC2. The van der Waals surface area contributed by atoms with E-state index in [-0.39, 0.29) is 17.9 Å². The lowest BCUT2D eigenvalue weighted by Gasteiger charge is -2.29. The van der Waals surface area contributed by atoms with Crippen LogP contribution in [0.5, 0.6) is 0 Å². The Morgan fingerprint density at radius 2 is 1.81 bits per heavy atom. The van der Waals surface area contributed by atoms with E-state index in [9.17, 15) is 4.79 Å². The highest BCUT2D eigenvalue weighted by molar-refractivity contribution is 5.79.